The molecule has 0 aliphatic heterocycles. The van der Waals surface area contributed by atoms with Gasteiger partial charge in [0.1, 0.15) is 5.76 Å². The number of esters is 1. The van der Waals surface area contributed by atoms with Gasteiger partial charge in [0.05, 0.1) is 0 Å². The van der Waals surface area contributed by atoms with Crippen LogP contribution in [0.25, 0.3) is 0 Å². The molecule has 98 valence electrons. The van der Waals surface area contributed by atoms with E-state index in [1.165, 1.54) is 26.2 Å². The van der Waals surface area contributed by atoms with Crippen molar-refractivity contribution in [1.82, 2.24) is 0 Å². The molecule has 17 heavy (non-hydrogen) atoms. The molecule has 0 amide bonds. The molecule has 2 nitrogen and oxygen atoms in total. The average Bonchev–Trinajstić information content (AvgIpc) is 2.29. The molecule has 0 rings (SSSR count). The van der Waals surface area contributed by atoms with Gasteiger partial charge >= 0.3 is 5.97 Å². The van der Waals surface area contributed by atoms with E-state index in [4.69, 9.17) is 4.74 Å². The lowest BCUT2D eigenvalue weighted by Gasteiger charge is -2.04. The van der Waals surface area contributed by atoms with Crippen molar-refractivity contribution < 1.29 is 9.53 Å². The summed E-state index contributed by atoms with van der Waals surface area (Å²) in [6, 6.07) is 0. The Balaban J connectivity index is 3.94. The van der Waals surface area contributed by atoms with Gasteiger partial charge in [0, 0.05) is 13.3 Å². The minimum atomic E-state index is -0.230. The van der Waals surface area contributed by atoms with Gasteiger partial charge in [-0.25, -0.2) is 0 Å². The Kier molecular flexibility index (Phi) is 10.7. The van der Waals surface area contributed by atoms with Crippen molar-refractivity contribution in [3.63, 3.8) is 0 Å². The molecule has 0 aliphatic carbocycles. The van der Waals surface area contributed by atoms with E-state index in [-0.39, 0.29) is 5.97 Å². The third-order valence-corrected chi connectivity index (χ3v) is 2.40. The molecule has 0 aromatic carbocycles. The molecule has 0 saturated heterocycles. The summed E-state index contributed by atoms with van der Waals surface area (Å²) in [6.45, 7) is 5.77. The molecule has 0 heterocycles. The summed E-state index contributed by atoms with van der Waals surface area (Å²) in [5, 5.41) is 0. The molecule has 0 radical (unpaired) electrons. The number of allylic oxidation sites excluding steroid dienone is 3. The molecule has 0 N–H and O–H groups in total. The van der Waals surface area contributed by atoms with Crippen molar-refractivity contribution >= 4 is 5.97 Å². The predicted molar refractivity (Wildman–Crippen MR) is 72.7 cm³/mol. The van der Waals surface area contributed by atoms with E-state index in [9.17, 15) is 4.79 Å². The van der Waals surface area contributed by atoms with Crippen LogP contribution in [-0.2, 0) is 9.53 Å². The summed E-state index contributed by atoms with van der Waals surface area (Å²) in [4.78, 5) is 10.9. The van der Waals surface area contributed by atoms with Gasteiger partial charge in [-0.2, -0.15) is 0 Å². The fourth-order valence-electron chi connectivity index (χ4n) is 1.49. The van der Waals surface area contributed by atoms with Gasteiger partial charge in [0.2, 0.25) is 0 Å². The molecule has 0 fully saturated rings. The monoisotopic (exact) mass is 238 g/mol. The second kappa shape index (κ2) is 11.4. The van der Waals surface area contributed by atoms with Crippen LogP contribution < -0.4 is 0 Å². The maximum absolute atomic E-state index is 10.9. The Morgan fingerprint density at radius 2 is 1.82 bits per heavy atom. The zero-order valence-corrected chi connectivity index (χ0v) is 11.5. The maximum Gasteiger partial charge on any atom is 0.307 e. The number of ether oxygens (including phenoxy) is 1. The lowest BCUT2D eigenvalue weighted by Crippen LogP contribution is -1.98. The van der Waals surface area contributed by atoms with Gasteiger partial charge < -0.3 is 4.74 Å². The minimum absolute atomic E-state index is 0.230. The van der Waals surface area contributed by atoms with Crippen molar-refractivity contribution in [3.8, 4) is 0 Å². The second-order valence-electron chi connectivity index (χ2n) is 4.22. The van der Waals surface area contributed by atoms with Crippen LogP contribution in [0.4, 0.5) is 0 Å². The predicted octanol–water partition coefficient (Wildman–Crippen LogP) is 4.76. The number of carbonyl (C=O) groups is 1. The van der Waals surface area contributed by atoms with Gasteiger partial charge in [-0.3, -0.25) is 4.79 Å². The Morgan fingerprint density at radius 3 is 2.41 bits per heavy atom. The highest BCUT2D eigenvalue weighted by atomic mass is 16.5. The number of hydrogen-bond acceptors (Lipinski definition) is 2. The van der Waals surface area contributed by atoms with E-state index in [1.807, 2.05) is 6.08 Å². The molecular weight excluding hydrogens is 212 g/mol. The van der Waals surface area contributed by atoms with Crippen LogP contribution in [0.1, 0.15) is 65.7 Å². The number of rotatable bonds is 9. The third kappa shape index (κ3) is 11.2. The molecule has 0 unspecified atom stereocenters. The lowest BCUT2D eigenvalue weighted by molar-refractivity contribution is -0.137. The quantitative estimate of drug-likeness (QED) is 0.250. The van der Waals surface area contributed by atoms with E-state index >= 15 is 0 Å². The third-order valence-electron chi connectivity index (χ3n) is 2.40. The minimum Gasteiger partial charge on any atom is -0.431 e. The second-order valence-corrected chi connectivity index (χ2v) is 4.22. The molecule has 0 saturated carbocycles. The van der Waals surface area contributed by atoms with Crippen LogP contribution in [0.5, 0.6) is 0 Å². The van der Waals surface area contributed by atoms with Crippen molar-refractivity contribution in [2.24, 2.45) is 0 Å². The fraction of sp³-hybridized carbons (Fsp3) is 0.667. The van der Waals surface area contributed by atoms with Gasteiger partial charge in [0.15, 0.2) is 0 Å². The first-order valence-corrected chi connectivity index (χ1v) is 6.73. The summed E-state index contributed by atoms with van der Waals surface area (Å²) in [5.41, 5.74) is 0. The molecule has 0 atom stereocenters. The number of unbranched alkanes of at least 4 members (excludes halogenated alkanes) is 4. The number of hydrogen-bond donors (Lipinski definition) is 0. The van der Waals surface area contributed by atoms with E-state index < -0.39 is 0 Å². The maximum atomic E-state index is 10.9. The highest BCUT2D eigenvalue weighted by Crippen LogP contribution is 2.09. The highest BCUT2D eigenvalue weighted by Gasteiger charge is 1.99. The first kappa shape index (κ1) is 16.0. The molecule has 0 bridgehead atoms. The summed E-state index contributed by atoms with van der Waals surface area (Å²) in [5.74, 6) is 0.554. The van der Waals surface area contributed by atoms with Crippen molar-refractivity contribution in [3.05, 3.63) is 24.0 Å². The van der Waals surface area contributed by atoms with E-state index in [1.54, 1.807) is 0 Å². The van der Waals surface area contributed by atoms with Crippen LogP contribution in [0.3, 0.4) is 0 Å². The van der Waals surface area contributed by atoms with Gasteiger partial charge in [0.25, 0.3) is 0 Å². The van der Waals surface area contributed by atoms with Crippen LogP contribution in [0.2, 0.25) is 0 Å². The molecule has 0 aromatic heterocycles. The SMILES string of the molecule is CCCC=C(CC=CCCCCC)OC(C)=O. The summed E-state index contributed by atoms with van der Waals surface area (Å²) in [7, 11) is 0. The highest BCUT2D eigenvalue weighted by molar-refractivity contribution is 5.67. The van der Waals surface area contributed by atoms with Crippen LogP contribution in [0, 0.1) is 0 Å². The molecule has 0 spiro atoms. The smallest absolute Gasteiger partial charge is 0.307 e. The molecule has 2 heteroatoms. The molecule has 0 aromatic rings. The lowest BCUT2D eigenvalue weighted by atomic mass is 10.2. The van der Waals surface area contributed by atoms with Crippen molar-refractivity contribution in [1.29, 1.82) is 0 Å². The normalized spacial score (nSPS) is 12.1. The van der Waals surface area contributed by atoms with Crippen LogP contribution in [-0.4, -0.2) is 5.97 Å². The van der Waals surface area contributed by atoms with Crippen LogP contribution in [0.15, 0.2) is 24.0 Å². The summed E-state index contributed by atoms with van der Waals surface area (Å²) < 4.78 is 5.15. The van der Waals surface area contributed by atoms with Gasteiger partial charge in [-0.05, 0) is 25.3 Å². The van der Waals surface area contributed by atoms with Crippen molar-refractivity contribution in [2.45, 2.75) is 65.7 Å². The van der Waals surface area contributed by atoms with E-state index in [0.717, 1.165) is 31.4 Å². The topological polar surface area (TPSA) is 26.3 Å². The summed E-state index contributed by atoms with van der Waals surface area (Å²) in [6.07, 6.45) is 14.0. The largest absolute Gasteiger partial charge is 0.431 e. The Bertz CT molecular complexity index is 252. The zero-order valence-electron chi connectivity index (χ0n) is 11.5. The Hall–Kier alpha value is -1.05. The van der Waals surface area contributed by atoms with Crippen LogP contribution >= 0.6 is 0 Å². The molecule has 0 aliphatic rings. The molecular formula is C15H26O2. The Morgan fingerprint density at radius 1 is 1.06 bits per heavy atom. The van der Waals surface area contributed by atoms with E-state index in [2.05, 4.69) is 26.0 Å². The standard InChI is InChI=1S/C15H26O2/c1-4-6-8-9-10-11-13-15(12-7-5-2)17-14(3)16/h10-12H,4-9,13H2,1-3H3. The fourth-order valence-corrected chi connectivity index (χ4v) is 1.49. The van der Waals surface area contributed by atoms with E-state index in [0.29, 0.717) is 0 Å². The first-order valence-electron chi connectivity index (χ1n) is 6.73. The Labute approximate surface area is 106 Å². The zero-order chi connectivity index (χ0) is 12.9. The number of carbonyl (C=O) groups excluding carboxylic acids is 1. The first-order chi connectivity index (χ1) is 8.20. The van der Waals surface area contributed by atoms with Crippen molar-refractivity contribution in [2.75, 3.05) is 0 Å². The van der Waals surface area contributed by atoms with Gasteiger partial charge in [-0.1, -0.05) is 45.3 Å². The van der Waals surface area contributed by atoms with Gasteiger partial charge in [-0.15, -0.1) is 0 Å². The average molecular weight is 238 g/mol. The summed E-state index contributed by atoms with van der Waals surface area (Å²) >= 11 is 0.